The first-order chi connectivity index (χ1) is 12.5. The molecule has 0 bridgehead atoms. The van der Waals surface area contributed by atoms with Crippen LogP contribution in [0, 0.1) is 0 Å². The van der Waals surface area contributed by atoms with E-state index in [2.05, 4.69) is 28.7 Å². The Labute approximate surface area is 163 Å². The van der Waals surface area contributed by atoms with E-state index < -0.39 is 0 Å². The van der Waals surface area contributed by atoms with Gasteiger partial charge < -0.3 is 4.74 Å². The minimum atomic E-state index is -0.353. The molecule has 1 aliphatic carbocycles. The molecule has 0 radical (unpaired) electrons. The second kappa shape index (κ2) is 8.56. The molecule has 0 fully saturated rings. The number of benzene rings is 2. The standard InChI is InChI=1S/C20H20Cl2N2O2/c1-13(15-7-6-14-4-2-3-5-16(14)10-15)23-24-20(25)12-26-19-9-8-17(21)11-18(19)22/h6-11H,2-5,12H2,1H3,(H,24,25). The van der Waals surface area contributed by atoms with E-state index in [0.29, 0.717) is 15.8 Å². The van der Waals surface area contributed by atoms with E-state index >= 15 is 0 Å². The molecular formula is C20H20Cl2N2O2. The van der Waals surface area contributed by atoms with Gasteiger partial charge in [0.25, 0.3) is 5.91 Å². The smallest absolute Gasteiger partial charge is 0.277 e. The summed E-state index contributed by atoms with van der Waals surface area (Å²) in [6, 6.07) is 11.2. The zero-order valence-corrected chi connectivity index (χ0v) is 16.0. The first-order valence-corrected chi connectivity index (χ1v) is 9.31. The molecule has 0 spiro atoms. The Morgan fingerprint density at radius 2 is 1.88 bits per heavy atom. The number of carbonyl (C=O) groups is 1. The lowest BCUT2D eigenvalue weighted by molar-refractivity contribution is -0.123. The van der Waals surface area contributed by atoms with E-state index in [1.165, 1.54) is 24.0 Å². The van der Waals surface area contributed by atoms with E-state index in [4.69, 9.17) is 27.9 Å². The van der Waals surface area contributed by atoms with Crippen molar-refractivity contribution >= 4 is 34.8 Å². The minimum Gasteiger partial charge on any atom is -0.482 e. The van der Waals surface area contributed by atoms with Crippen molar-refractivity contribution in [1.82, 2.24) is 5.43 Å². The van der Waals surface area contributed by atoms with Gasteiger partial charge in [-0.15, -0.1) is 0 Å². The fourth-order valence-electron chi connectivity index (χ4n) is 2.94. The van der Waals surface area contributed by atoms with E-state index in [1.807, 2.05) is 6.92 Å². The van der Waals surface area contributed by atoms with Crippen LogP contribution in [0.15, 0.2) is 41.5 Å². The Morgan fingerprint density at radius 1 is 1.12 bits per heavy atom. The van der Waals surface area contributed by atoms with Gasteiger partial charge in [-0.05, 0) is 73.6 Å². The fraction of sp³-hybridized carbons (Fsp3) is 0.300. The van der Waals surface area contributed by atoms with Gasteiger partial charge >= 0.3 is 0 Å². The average molecular weight is 391 g/mol. The van der Waals surface area contributed by atoms with E-state index in [9.17, 15) is 4.79 Å². The molecule has 0 aromatic heterocycles. The van der Waals surface area contributed by atoms with Gasteiger partial charge in [0.1, 0.15) is 5.75 Å². The van der Waals surface area contributed by atoms with Crippen LogP contribution in [0.2, 0.25) is 10.0 Å². The third-order valence-corrected chi connectivity index (χ3v) is 4.90. The number of carbonyl (C=O) groups excluding carboxylic acids is 1. The average Bonchev–Trinajstić information content (AvgIpc) is 2.65. The van der Waals surface area contributed by atoms with E-state index in [0.717, 1.165) is 24.1 Å². The predicted octanol–water partition coefficient (Wildman–Crippen LogP) is 4.79. The van der Waals surface area contributed by atoms with Crippen LogP contribution in [0.25, 0.3) is 0 Å². The third kappa shape index (κ3) is 4.77. The first-order valence-electron chi connectivity index (χ1n) is 8.56. The summed E-state index contributed by atoms with van der Waals surface area (Å²) in [5.74, 6) is 0.0509. The van der Waals surface area contributed by atoms with Crippen molar-refractivity contribution in [2.75, 3.05) is 6.61 Å². The molecule has 0 heterocycles. The molecule has 1 aliphatic rings. The highest BCUT2D eigenvalue weighted by atomic mass is 35.5. The van der Waals surface area contributed by atoms with Gasteiger partial charge in [0.2, 0.25) is 0 Å². The fourth-order valence-corrected chi connectivity index (χ4v) is 3.40. The number of nitrogens with zero attached hydrogens (tertiary/aromatic N) is 1. The monoisotopic (exact) mass is 390 g/mol. The number of hydrogen-bond donors (Lipinski definition) is 1. The highest BCUT2D eigenvalue weighted by Gasteiger charge is 2.11. The second-order valence-electron chi connectivity index (χ2n) is 6.29. The normalized spacial score (nSPS) is 13.9. The van der Waals surface area contributed by atoms with Crippen molar-refractivity contribution < 1.29 is 9.53 Å². The highest BCUT2D eigenvalue weighted by Crippen LogP contribution is 2.27. The molecular weight excluding hydrogens is 371 g/mol. The minimum absolute atomic E-state index is 0.178. The van der Waals surface area contributed by atoms with Gasteiger partial charge in [-0.1, -0.05) is 35.3 Å². The van der Waals surface area contributed by atoms with Crippen LogP contribution in [0.4, 0.5) is 0 Å². The number of amides is 1. The molecule has 1 amide bonds. The third-order valence-electron chi connectivity index (χ3n) is 4.37. The number of halogens is 2. The molecule has 136 valence electrons. The number of ether oxygens (including phenoxy) is 1. The summed E-state index contributed by atoms with van der Waals surface area (Å²) in [6.07, 6.45) is 4.74. The lowest BCUT2D eigenvalue weighted by Crippen LogP contribution is -2.25. The summed E-state index contributed by atoms with van der Waals surface area (Å²) in [5.41, 5.74) is 7.10. The van der Waals surface area contributed by atoms with E-state index in [1.54, 1.807) is 18.2 Å². The molecule has 3 rings (SSSR count). The summed E-state index contributed by atoms with van der Waals surface area (Å²) >= 11 is 11.8. The number of nitrogens with one attached hydrogen (secondary N) is 1. The van der Waals surface area contributed by atoms with Crippen molar-refractivity contribution in [1.29, 1.82) is 0 Å². The van der Waals surface area contributed by atoms with Crippen molar-refractivity contribution in [3.05, 3.63) is 63.1 Å². The zero-order valence-electron chi connectivity index (χ0n) is 14.5. The number of aryl methyl sites for hydroxylation is 2. The molecule has 0 saturated carbocycles. The molecule has 1 N–H and O–H groups in total. The quantitative estimate of drug-likeness (QED) is 0.589. The lowest BCUT2D eigenvalue weighted by atomic mass is 9.90. The maximum absolute atomic E-state index is 12.0. The van der Waals surface area contributed by atoms with E-state index in [-0.39, 0.29) is 12.5 Å². The Morgan fingerprint density at radius 3 is 2.65 bits per heavy atom. The number of hydrogen-bond acceptors (Lipinski definition) is 3. The molecule has 2 aromatic carbocycles. The predicted molar refractivity (Wildman–Crippen MR) is 105 cm³/mol. The second-order valence-corrected chi connectivity index (χ2v) is 7.13. The van der Waals surface area contributed by atoms with Crippen molar-refractivity contribution in [2.24, 2.45) is 5.10 Å². The summed E-state index contributed by atoms with van der Waals surface area (Å²) in [6.45, 7) is 1.70. The van der Waals surface area contributed by atoms with Gasteiger partial charge in [-0.25, -0.2) is 5.43 Å². The molecule has 0 saturated heterocycles. The molecule has 6 heteroatoms. The van der Waals surface area contributed by atoms with Gasteiger partial charge in [-0.2, -0.15) is 5.10 Å². The highest BCUT2D eigenvalue weighted by molar-refractivity contribution is 6.35. The Hall–Kier alpha value is -2.04. The van der Waals surface area contributed by atoms with Crippen LogP contribution >= 0.6 is 23.2 Å². The summed E-state index contributed by atoms with van der Waals surface area (Å²) in [5, 5.41) is 5.05. The Bertz CT molecular complexity index is 850. The molecule has 0 atom stereocenters. The van der Waals surface area contributed by atoms with Crippen LogP contribution in [0.1, 0.15) is 36.5 Å². The van der Waals surface area contributed by atoms with Crippen molar-refractivity contribution in [3.63, 3.8) is 0 Å². The zero-order chi connectivity index (χ0) is 18.5. The lowest BCUT2D eigenvalue weighted by Gasteiger charge is -2.16. The molecule has 2 aromatic rings. The molecule has 0 aliphatic heterocycles. The first kappa shape index (κ1) is 18.7. The van der Waals surface area contributed by atoms with Crippen molar-refractivity contribution in [3.8, 4) is 5.75 Å². The Kier molecular flexibility index (Phi) is 6.17. The largest absolute Gasteiger partial charge is 0.482 e. The summed E-state index contributed by atoms with van der Waals surface area (Å²) in [4.78, 5) is 12.0. The van der Waals surface area contributed by atoms with Crippen LogP contribution in [-0.4, -0.2) is 18.2 Å². The summed E-state index contributed by atoms with van der Waals surface area (Å²) in [7, 11) is 0. The maximum atomic E-state index is 12.0. The van der Waals surface area contributed by atoms with Crippen LogP contribution < -0.4 is 10.2 Å². The molecule has 0 unspecified atom stereocenters. The summed E-state index contributed by atoms with van der Waals surface area (Å²) < 4.78 is 5.39. The maximum Gasteiger partial charge on any atom is 0.277 e. The number of fused-ring (bicyclic) bond motifs is 1. The molecule has 26 heavy (non-hydrogen) atoms. The van der Waals surface area contributed by atoms with Crippen molar-refractivity contribution in [2.45, 2.75) is 32.6 Å². The topological polar surface area (TPSA) is 50.7 Å². The number of rotatable bonds is 5. The van der Waals surface area contributed by atoms with Crippen LogP contribution in [-0.2, 0) is 17.6 Å². The van der Waals surface area contributed by atoms with Crippen LogP contribution in [0.3, 0.4) is 0 Å². The Balaban J connectivity index is 1.57. The van der Waals surface area contributed by atoms with Gasteiger partial charge in [-0.3, -0.25) is 4.79 Å². The van der Waals surface area contributed by atoms with Gasteiger partial charge in [0, 0.05) is 5.02 Å². The number of hydrazone groups is 1. The van der Waals surface area contributed by atoms with Gasteiger partial charge in [0.05, 0.1) is 10.7 Å². The molecule has 4 nitrogen and oxygen atoms in total. The SMILES string of the molecule is CC(=NNC(=O)COc1ccc(Cl)cc1Cl)c1ccc2c(c1)CCCC2. The van der Waals surface area contributed by atoms with Crippen LogP contribution in [0.5, 0.6) is 5.75 Å². The van der Waals surface area contributed by atoms with Gasteiger partial charge in [0.15, 0.2) is 6.61 Å².